The lowest BCUT2D eigenvalue weighted by molar-refractivity contribution is -0.128. The minimum atomic E-state index is -0.607. The number of carbonyl (C=O) groups excluding carboxylic acids is 2. The number of amides is 2. The number of ether oxygens (including phenoxy) is 1. The van der Waals surface area contributed by atoms with Gasteiger partial charge in [-0.1, -0.05) is 49.1 Å². The molecule has 3 aromatic carbocycles. The van der Waals surface area contributed by atoms with Gasteiger partial charge in [0.1, 0.15) is 11.8 Å². The number of aryl methyl sites for hydroxylation is 1. The summed E-state index contributed by atoms with van der Waals surface area (Å²) in [6.07, 6.45) is 3.06. The van der Waals surface area contributed by atoms with E-state index >= 15 is 0 Å². The first-order chi connectivity index (χ1) is 16.5. The van der Waals surface area contributed by atoms with Gasteiger partial charge < -0.3 is 20.3 Å². The number of nitrogens with zero attached hydrogens (tertiary/aromatic N) is 1. The predicted molar refractivity (Wildman–Crippen MR) is 137 cm³/mol. The molecule has 0 radical (unpaired) electrons. The molecule has 6 nitrogen and oxygen atoms in total. The highest BCUT2D eigenvalue weighted by molar-refractivity contribution is 6.01. The quantitative estimate of drug-likeness (QED) is 0.561. The van der Waals surface area contributed by atoms with Gasteiger partial charge in [0.25, 0.3) is 0 Å². The highest BCUT2D eigenvalue weighted by Crippen LogP contribution is 2.34. The van der Waals surface area contributed by atoms with Gasteiger partial charge in [0, 0.05) is 11.3 Å². The first kappa shape index (κ1) is 23.5. The lowest BCUT2D eigenvalue weighted by atomic mass is 10.00. The monoisotopic (exact) mass is 457 g/mol. The lowest BCUT2D eigenvalue weighted by Gasteiger charge is -2.28. The van der Waals surface area contributed by atoms with Gasteiger partial charge in [0.15, 0.2) is 0 Å². The van der Waals surface area contributed by atoms with Crippen molar-refractivity contribution in [2.24, 2.45) is 0 Å². The number of benzene rings is 3. The van der Waals surface area contributed by atoms with Gasteiger partial charge in [-0.3, -0.25) is 9.59 Å². The normalized spacial score (nSPS) is 16.5. The van der Waals surface area contributed by atoms with Crippen molar-refractivity contribution in [3.63, 3.8) is 0 Å². The maximum Gasteiger partial charge on any atom is 0.249 e. The molecule has 0 unspecified atom stereocenters. The third-order valence-corrected chi connectivity index (χ3v) is 6.58. The Morgan fingerprint density at radius 2 is 2.03 bits per heavy atom. The van der Waals surface area contributed by atoms with Gasteiger partial charge in [-0.25, -0.2) is 0 Å². The Morgan fingerprint density at radius 1 is 1.24 bits per heavy atom. The van der Waals surface area contributed by atoms with Crippen LogP contribution in [0.1, 0.15) is 30.0 Å². The van der Waals surface area contributed by atoms with Crippen molar-refractivity contribution in [3.05, 3.63) is 77.9 Å². The van der Waals surface area contributed by atoms with E-state index < -0.39 is 6.04 Å². The molecule has 0 bridgehead atoms. The van der Waals surface area contributed by atoms with Crippen LogP contribution in [0, 0.1) is 0 Å². The van der Waals surface area contributed by atoms with Crippen LogP contribution in [0.5, 0.6) is 5.75 Å². The molecular weight excluding hydrogens is 426 g/mol. The molecule has 2 amide bonds. The first-order valence-corrected chi connectivity index (χ1v) is 11.6. The van der Waals surface area contributed by atoms with Gasteiger partial charge in [0.05, 0.1) is 19.7 Å². The van der Waals surface area contributed by atoms with Gasteiger partial charge >= 0.3 is 0 Å². The second-order valence-corrected chi connectivity index (χ2v) is 8.59. The zero-order valence-electron chi connectivity index (χ0n) is 19.9. The third kappa shape index (κ3) is 4.54. The van der Waals surface area contributed by atoms with Crippen LogP contribution in [0.25, 0.3) is 16.8 Å². The number of methoxy groups -OCH3 is 1. The van der Waals surface area contributed by atoms with E-state index in [2.05, 4.69) is 23.3 Å². The van der Waals surface area contributed by atoms with Crippen molar-refractivity contribution >= 4 is 34.4 Å². The standard InChI is InChI=1S/C28H31N3O3/c1-5-19-10-13-22-21(16-19)12-15-26(34-4)23(22)17-31-25-9-7-6-8-20(25)11-14-24(28(31)33)30-27(32)18(2)29-3/h5-10,12-13,15-16,18,24,29H,1,11,14,17H2,2-4H3,(H,30,32)/t18-,24-/m0/s1. The van der Waals surface area contributed by atoms with Crippen LogP contribution in [0.4, 0.5) is 5.69 Å². The SMILES string of the molecule is C=Cc1ccc2c(CN3C(=O)[C@@H](NC(=O)[C@H](C)NC)CCc4ccccc43)c(OC)ccc2c1. The molecule has 0 aromatic heterocycles. The Hall–Kier alpha value is -3.64. The summed E-state index contributed by atoms with van der Waals surface area (Å²) in [5.41, 5.74) is 3.91. The molecule has 0 saturated heterocycles. The van der Waals surface area contributed by atoms with Gasteiger partial charge in [-0.2, -0.15) is 0 Å². The fraction of sp³-hybridized carbons (Fsp3) is 0.286. The smallest absolute Gasteiger partial charge is 0.249 e. The van der Waals surface area contributed by atoms with E-state index in [4.69, 9.17) is 4.74 Å². The molecular formula is C28H31N3O3. The summed E-state index contributed by atoms with van der Waals surface area (Å²) in [7, 11) is 3.37. The number of hydrogen-bond donors (Lipinski definition) is 2. The Kier molecular flexibility index (Phi) is 6.98. The van der Waals surface area contributed by atoms with Crippen LogP contribution in [-0.4, -0.2) is 38.1 Å². The highest BCUT2D eigenvalue weighted by Gasteiger charge is 2.32. The Balaban J connectivity index is 1.78. The average Bonchev–Trinajstić information content (AvgIpc) is 3.00. The van der Waals surface area contributed by atoms with Gasteiger partial charge in [-0.15, -0.1) is 0 Å². The van der Waals surface area contributed by atoms with Crippen molar-refractivity contribution in [3.8, 4) is 5.75 Å². The minimum Gasteiger partial charge on any atom is -0.496 e. The molecule has 34 heavy (non-hydrogen) atoms. The van der Waals surface area contributed by atoms with E-state index in [-0.39, 0.29) is 17.9 Å². The number of para-hydroxylation sites is 1. The number of anilines is 1. The van der Waals surface area contributed by atoms with Crippen molar-refractivity contribution < 1.29 is 14.3 Å². The Morgan fingerprint density at radius 3 is 2.76 bits per heavy atom. The molecule has 0 aliphatic carbocycles. The van der Waals surface area contributed by atoms with Crippen LogP contribution in [0.15, 0.2) is 61.2 Å². The summed E-state index contributed by atoms with van der Waals surface area (Å²) in [6, 6.07) is 17.0. The van der Waals surface area contributed by atoms with Crippen LogP contribution in [-0.2, 0) is 22.6 Å². The average molecular weight is 458 g/mol. The number of carbonyl (C=O) groups is 2. The summed E-state index contributed by atoms with van der Waals surface area (Å²) in [5, 5.41) is 7.96. The summed E-state index contributed by atoms with van der Waals surface area (Å²) < 4.78 is 5.71. The summed E-state index contributed by atoms with van der Waals surface area (Å²) >= 11 is 0. The molecule has 6 heteroatoms. The molecule has 0 spiro atoms. The molecule has 176 valence electrons. The summed E-state index contributed by atoms with van der Waals surface area (Å²) in [4.78, 5) is 28.2. The maximum atomic E-state index is 13.8. The second-order valence-electron chi connectivity index (χ2n) is 8.59. The topological polar surface area (TPSA) is 70.7 Å². The van der Waals surface area contributed by atoms with Crippen LogP contribution in [0.3, 0.4) is 0 Å². The van der Waals surface area contributed by atoms with Crippen molar-refractivity contribution in [2.75, 3.05) is 19.1 Å². The number of likely N-dealkylation sites (N-methyl/N-ethyl adjacent to an activating group) is 1. The van der Waals surface area contributed by atoms with E-state index in [1.54, 1.807) is 26.0 Å². The van der Waals surface area contributed by atoms with E-state index in [0.717, 1.165) is 38.9 Å². The van der Waals surface area contributed by atoms with Crippen LogP contribution < -0.4 is 20.3 Å². The molecule has 0 fully saturated rings. The lowest BCUT2D eigenvalue weighted by Crippen LogP contribution is -2.52. The first-order valence-electron chi connectivity index (χ1n) is 11.6. The number of fused-ring (bicyclic) bond motifs is 2. The van der Waals surface area contributed by atoms with Gasteiger partial charge in [-0.05, 0) is 66.9 Å². The zero-order chi connectivity index (χ0) is 24.2. The molecule has 3 aromatic rings. The number of hydrogen-bond acceptors (Lipinski definition) is 4. The zero-order valence-corrected chi connectivity index (χ0v) is 19.9. The Bertz CT molecular complexity index is 1240. The highest BCUT2D eigenvalue weighted by atomic mass is 16.5. The molecule has 1 heterocycles. The molecule has 4 rings (SSSR count). The summed E-state index contributed by atoms with van der Waals surface area (Å²) in [6.45, 7) is 5.98. The Labute approximate surface area is 200 Å². The van der Waals surface area contributed by atoms with Crippen LogP contribution in [0.2, 0.25) is 0 Å². The molecule has 0 saturated carbocycles. The third-order valence-electron chi connectivity index (χ3n) is 6.58. The number of nitrogens with one attached hydrogen (secondary N) is 2. The minimum absolute atomic E-state index is 0.122. The molecule has 1 aliphatic rings. The molecule has 2 N–H and O–H groups in total. The summed E-state index contributed by atoms with van der Waals surface area (Å²) in [5.74, 6) is 0.410. The molecule has 1 aliphatic heterocycles. The van der Waals surface area contributed by atoms with Crippen molar-refractivity contribution in [1.82, 2.24) is 10.6 Å². The largest absolute Gasteiger partial charge is 0.496 e. The van der Waals surface area contributed by atoms with E-state index in [0.29, 0.717) is 19.4 Å². The van der Waals surface area contributed by atoms with Gasteiger partial charge in [0.2, 0.25) is 11.8 Å². The predicted octanol–water partition coefficient (Wildman–Crippen LogP) is 4.06. The fourth-order valence-electron chi connectivity index (χ4n) is 4.47. The fourth-order valence-corrected chi connectivity index (χ4v) is 4.47. The van der Waals surface area contributed by atoms with Crippen molar-refractivity contribution in [2.45, 2.75) is 38.4 Å². The number of rotatable bonds is 7. The maximum absolute atomic E-state index is 13.8. The van der Waals surface area contributed by atoms with Crippen LogP contribution >= 0.6 is 0 Å². The molecule has 2 atom stereocenters. The van der Waals surface area contributed by atoms with E-state index in [9.17, 15) is 9.59 Å². The second kappa shape index (κ2) is 10.1. The van der Waals surface area contributed by atoms with Crippen molar-refractivity contribution in [1.29, 1.82) is 0 Å². The van der Waals surface area contributed by atoms with E-state index in [1.165, 1.54) is 0 Å². The van der Waals surface area contributed by atoms with E-state index in [1.807, 2.05) is 54.6 Å².